The van der Waals surface area contributed by atoms with Crippen LogP contribution >= 0.6 is 0 Å². The van der Waals surface area contributed by atoms with Crippen LogP contribution in [0.3, 0.4) is 0 Å². The van der Waals surface area contributed by atoms with Gasteiger partial charge in [0.2, 0.25) is 21.8 Å². The lowest BCUT2D eigenvalue weighted by Crippen LogP contribution is -2.36. The van der Waals surface area contributed by atoms with Crippen molar-refractivity contribution in [1.82, 2.24) is 4.31 Å². The summed E-state index contributed by atoms with van der Waals surface area (Å²) in [5.41, 5.74) is 16.0. The highest BCUT2D eigenvalue weighted by Crippen LogP contribution is 2.17. The topological polar surface area (TPSA) is 150 Å². The molecule has 0 bridgehead atoms. The average molecular weight is 314 g/mol. The van der Waals surface area contributed by atoms with E-state index in [4.69, 9.17) is 17.2 Å². The minimum absolute atomic E-state index is 0.0191. The maximum Gasteiger partial charge on any atom is 0.243 e. The number of nitrogens with two attached hydrogens (primary N) is 3. The Morgan fingerprint density at radius 2 is 1.38 bits per heavy atom. The van der Waals surface area contributed by atoms with Crippen molar-refractivity contribution in [1.29, 1.82) is 0 Å². The predicted molar refractivity (Wildman–Crippen MR) is 77.2 cm³/mol. The van der Waals surface area contributed by atoms with Gasteiger partial charge in [0, 0.05) is 31.6 Å². The van der Waals surface area contributed by atoms with Crippen LogP contribution in [0.4, 0.5) is 5.69 Å². The molecule has 0 heterocycles. The molecule has 116 valence electrons. The Balaban J connectivity index is 3.00. The van der Waals surface area contributed by atoms with Gasteiger partial charge in [-0.3, -0.25) is 9.59 Å². The third-order valence-electron chi connectivity index (χ3n) is 2.73. The molecule has 0 fully saturated rings. The molecule has 2 amide bonds. The molecule has 6 N–H and O–H groups in total. The van der Waals surface area contributed by atoms with Crippen molar-refractivity contribution >= 4 is 27.5 Å². The number of carbonyl (C=O) groups excluding carboxylic acids is 2. The minimum atomic E-state index is -3.85. The van der Waals surface area contributed by atoms with Crippen molar-refractivity contribution in [3.8, 4) is 0 Å². The number of anilines is 1. The van der Waals surface area contributed by atoms with Gasteiger partial charge in [0.25, 0.3) is 0 Å². The largest absolute Gasteiger partial charge is 0.399 e. The highest BCUT2D eigenvalue weighted by Gasteiger charge is 2.24. The first-order valence-corrected chi connectivity index (χ1v) is 7.60. The molecule has 0 unspecified atom stereocenters. The molecule has 9 heteroatoms. The molecule has 0 aromatic heterocycles. The maximum absolute atomic E-state index is 12.4. The average Bonchev–Trinajstić information content (AvgIpc) is 2.38. The summed E-state index contributed by atoms with van der Waals surface area (Å²) >= 11 is 0. The van der Waals surface area contributed by atoms with Gasteiger partial charge < -0.3 is 17.2 Å². The third kappa shape index (κ3) is 5.04. The van der Waals surface area contributed by atoms with E-state index in [1.807, 2.05) is 0 Å². The van der Waals surface area contributed by atoms with Crippen molar-refractivity contribution < 1.29 is 18.0 Å². The van der Waals surface area contributed by atoms with E-state index in [2.05, 4.69) is 0 Å². The summed E-state index contributed by atoms with van der Waals surface area (Å²) in [6.45, 7) is -0.232. The van der Waals surface area contributed by atoms with E-state index in [1.54, 1.807) is 0 Å². The standard InChI is InChI=1S/C12H18N4O4S/c13-9-1-3-10(4-2-9)21(19,20)16(7-5-11(14)17)8-6-12(15)18/h1-4H,5-8,13H2,(H2,14,17)(H2,15,18). The number of amides is 2. The Morgan fingerprint density at radius 3 is 1.76 bits per heavy atom. The first kappa shape index (κ1) is 16.9. The molecule has 1 aromatic rings. The number of hydrogen-bond acceptors (Lipinski definition) is 5. The second-order valence-corrected chi connectivity index (χ2v) is 6.34. The monoisotopic (exact) mass is 314 g/mol. The molecule has 0 saturated heterocycles. The Kier molecular flexibility index (Phi) is 5.68. The first-order chi connectivity index (χ1) is 9.73. The van der Waals surface area contributed by atoms with Crippen molar-refractivity contribution in [2.45, 2.75) is 17.7 Å². The van der Waals surface area contributed by atoms with Gasteiger partial charge in [-0.15, -0.1) is 0 Å². The number of carbonyl (C=O) groups is 2. The van der Waals surface area contributed by atoms with Crippen LogP contribution in [0.5, 0.6) is 0 Å². The van der Waals surface area contributed by atoms with E-state index in [1.165, 1.54) is 24.3 Å². The minimum Gasteiger partial charge on any atom is -0.399 e. The molecular weight excluding hydrogens is 296 g/mol. The van der Waals surface area contributed by atoms with E-state index < -0.39 is 21.8 Å². The van der Waals surface area contributed by atoms with E-state index >= 15 is 0 Å². The van der Waals surface area contributed by atoms with Crippen LogP contribution in [0.1, 0.15) is 12.8 Å². The molecule has 0 radical (unpaired) electrons. The van der Waals surface area contributed by atoms with Gasteiger partial charge in [-0.1, -0.05) is 0 Å². The number of nitrogen functional groups attached to an aromatic ring is 1. The van der Waals surface area contributed by atoms with Crippen molar-refractivity contribution in [3.05, 3.63) is 24.3 Å². The summed E-state index contributed by atoms with van der Waals surface area (Å²) in [5, 5.41) is 0. The zero-order valence-electron chi connectivity index (χ0n) is 11.4. The molecule has 0 atom stereocenters. The molecule has 21 heavy (non-hydrogen) atoms. The van der Waals surface area contributed by atoms with E-state index in [0.29, 0.717) is 5.69 Å². The molecular formula is C12H18N4O4S. The van der Waals surface area contributed by atoms with E-state index in [9.17, 15) is 18.0 Å². The molecule has 0 spiro atoms. The van der Waals surface area contributed by atoms with Crippen LogP contribution in [-0.4, -0.2) is 37.6 Å². The molecule has 1 aromatic carbocycles. The first-order valence-electron chi connectivity index (χ1n) is 6.16. The fourth-order valence-corrected chi connectivity index (χ4v) is 3.05. The van der Waals surface area contributed by atoms with E-state index in [-0.39, 0.29) is 30.8 Å². The molecule has 0 saturated carbocycles. The van der Waals surface area contributed by atoms with Gasteiger partial charge in [0.05, 0.1) is 4.90 Å². The van der Waals surface area contributed by atoms with Crippen LogP contribution in [0.15, 0.2) is 29.2 Å². The fourth-order valence-electron chi connectivity index (χ4n) is 1.61. The Hall–Kier alpha value is -2.13. The Labute approximate surface area is 122 Å². The van der Waals surface area contributed by atoms with Gasteiger partial charge in [-0.25, -0.2) is 8.42 Å². The van der Waals surface area contributed by atoms with Crippen molar-refractivity contribution in [3.63, 3.8) is 0 Å². The fraction of sp³-hybridized carbons (Fsp3) is 0.333. The second-order valence-electron chi connectivity index (χ2n) is 4.41. The zero-order valence-corrected chi connectivity index (χ0v) is 12.2. The number of rotatable bonds is 8. The molecule has 0 aliphatic carbocycles. The quantitative estimate of drug-likeness (QED) is 0.526. The Bertz CT molecular complexity index is 595. The lowest BCUT2D eigenvalue weighted by molar-refractivity contribution is -0.118. The summed E-state index contributed by atoms with van der Waals surface area (Å²) < 4.78 is 25.9. The van der Waals surface area contributed by atoms with Crippen LogP contribution < -0.4 is 17.2 Å². The molecule has 0 aliphatic rings. The lowest BCUT2D eigenvalue weighted by Gasteiger charge is -2.21. The summed E-state index contributed by atoms with van der Waals surface area (Å²) in [7, 11) is -3.85. The summed E-state index contributed by atoms with van der Waals surface area (Å²) in [4.78, 5) is 21.7. The van der Waals surface area contributed by atoms with Gasteiger partial charge in [0.1, 0.15) is 0 Å². The number of sulfonamides is 1. The maximum atomic E-state index is 12.4. The van der Waals surface area contributed by atoms with Gasteiger partial charge in [-0.2, -0.15) is 4.31 Å². The van der Waals surface area contributed by atoms with Crippen LogP contribution in [0.2, 0.25) is 0 Å². The SMILES string of the molecule is NC(=O)CCN(CCC(N)=O)S(=O)(=O)c1ccc(N)cc1. The number of nitrogens with zero attached hydrogens (tertiary/aromatic N) is 1. The van der Waals surface area contributed by atoms with Crippen molar-refractivity contribution in [2.75, 3.05) is 18.8 Å². The number of hydrogen-bond donors (Lipinski definition) is 3. The predicted octanol–water partition coefficient (Wildman–Crippen LogP) is -0.990. The molecule has 8 nitrogen and oxygen atoms in total. The summed E-state index contributed by atoms with van der Waals surface area (Å²) in [5.74, 6) is -1.27. The highest BCUT2D eigenvalue weighted by atomic mass is 32.2. The normalized spacial score (nSPS) is 11.5. The number of benzene rings is 1. The zero-order chi connectivity index (χ0) is 16.0. The molecule has 1 rings (SSSR count). The van der Waals surface area contributed by atoms with E-state index in [0.717, 1.165) is 4.31 Å². The van der Waals surface area contributed by atoms with Crippen LogP contribution in [-0.2, 0) is 19.6 Å². The highest BCUT2D eigenvalue weighted by molar-refractivity contribution is 7.89. The van der Waals surface area contributed by atoms with Gasteiger partial charge in [-0.05, 0) is 24.3 Å². The van der Waals surface area contributed by atoms with Crippen molar-refractivity contribution in [2.24, 2.45) is 11.5 Å². The van der Waals surface area contributed by atoms with Gasteiger partial charge >= 0.3 is 0 Å². The third-order valence-corrected chi connectivity index (χ3v) is 4.65. The second kappa shape index (κ2) is 7.04. The number of primary amides is 2. The molecule has 0 aliphatic heterocycles. The van der Waals surface area contributed by atoms with Crippen LogP contribution in [0.25, 0.3) is 0 Å². The summed E-state index contributed by atoms with van der Waals surface area (Å²) in [6, 6.07) is 5.61. The lowest BCUT2D eigenvalue weighted by atomic mass is 10.3. The van der Waals surface area contributed by atoms with Crippen LogP contribution in [0, 0.1) is 0 Å². The van der Waals surface area contributed by atoms with Gasteiger partial charge in [0.15, 0.2) is 0 Å². The summed E-state index contributed by atoms with van der Waals surface area (Å²) in [6.07, 6.45) is -0.292. The smallest absolute Gasteiger partial charge is 0.243 e. The Morgan fingerprint density at radius 1 is 0.952 bits per heavy atom.